The van der Waals surface area contributed by atoms with Crippen molar-refractivity contribution < 1.29 is 13.5 Å². The lowest BCUT2D eigenvalue weighted by Gasteiger charge is -2.13. The molecule has 0 heterocycles. The van der Waals surface area contributed by atoms with Crippen LogP contribution in [0.15, 0.2) is 12.1 Å². The fourth-order valence-electron chi connectivity index (χ4n) is 1.38. The van der Waals surface area contributed by atoms with Gasteiger partial charge in [0.1, 0.15) is 0 Å². The lowest BCUT2D eigenvalue weighted by Crippen LogP contribution is -2.18. The Morgan fingerprint density at radius 1 is 1.40 bits per heavy atom. The van der Waals surface area contributed by atoms with Crippen LogP contribution in [0.5, 0.6) is 5.75 Å². The first kappa shape index (κ1) is 11.9. The van der Waals surface area contributed by atoms with E-state index in [0.717, 1.165) is 6.07 Å². The molecule has 4 heteroatoms. The van der Waals surface area contributed by atoms with Crippen LogP contribution >= 0.6 is 0 Å². The van der Waals surface area contributed by atoms with Crippen LogP contribution in [0.2, 0.25) is 0 Å². The van der Waals surface area contributed by atoms with Crippen LogP contribution in [0.1, 0.15) is 19.4 Å². The first-order valence-corrected chi connectivity index (χ1v) is 4.91. The van der Waals surface area contributed by atoms with Gasteiger partial charge in [-0.2, -0.15) is 4.39 Å². The Labute approximate surface area is 88.0 Å². The Morgan fingerprint density at radius 3 is 2.60 bits per heavy atom. The van der Waals surface area contributed by atoms with Crippen LogP contribution in [-0.4, -0.2) is 12.6 Å². The number of nitrogens with two attached hydrogens (primary N) is 1. The zero-order chi connectivity index (χ0) is 11.4. The van der Waals surface area contributed by atoms with Gasteiger partial charge in [0.05, 0.1) is 6.61 Å². The molecule has 0 aliphatic heterocycles. The zero-order valence-electron chi connectivity index (χ0n) is 8.89. The highest BCUT2D eigenvalue weighted by molar-refractivity contribution is 5.36. The fourth-order valence-corrected chi connectivity index (χ4v) is 1.38. The third kappa shape index (κ3) is 2.89. The minimum absolute atomic E-state index is 0.0187. The van der Waals surface area contributed by atoms with Gasteiger partial charge in [-0.15, -0.1) is 0 Å². The molecule has 84 valence electrons. The van der Waals surface area contributed by atoms with Gasteiger partial charge >= 0.3 is 0 Å². The lowest BCUT2D eigenvalue weighted by atomic mass is 10.1. The topological polar surface area (TPSA) is 35.2 Å². The van der Waals surface area contributed by atoms with Crippen LogP contribution in [0, 0.1) is 11.6 Å². The van der Waals surface area contributed by atoms with E-state index in [4.69, 9.17) is 10.5 Å². The van der Waals surface area contributed by atoms with E-state index in [0.29, 0.717) is 18.6 Å². The number of hydrogen-bond donors (Lipinski definition) is 1. The normalized spacial score (nSPS) is 12.6. The number of benzene rings is 1. The Morgan fingerprint density at radius 2 is 2.07 bits per heavy atom. The summed E-state index contributed by atoms with van der Waals surface area (Å²) in [6.07, 6.45) is 0.465. The van der Waals surface area contributed by atoms with E-state index in [2.05, 4.69) is 0 Å². The summed E-state index contributed by atoms with van der Waals surface area (Å²) in [6, 6.07) is 2.48. The molecule has 1 unspecified atom stereocenters. The number of ether oxygens (including phenoxy) is 1. The highest BCUT2D eigenvalue weighted by Crippen LogP contribution is 2.26. The predicted molar refractivity (Wildman–Crippen MR) is 54.9 cm³/mol. The molecule has 2 nitrogen and oxygen atoms in total. The molecule has 0 saturated carbocycles. The second kappa shape index (κ2) is 5.07. The molecule has 2 N–H and O–H groups in total. The lowest BCUT2D eigenvalue weighted by molar-refractivity contribution is 0.309. The van der Waals surface area contributed by atoms with Crippen molar-refractivity contribution in [2.75, 3.05) is 6.61 Å². The molecule has 0 bridgehead atoms. The van der Waals surface area contributed by atoms with Crippen molar-refractivity contribution in [3.63, 3.8) is 0 Å². The third-order valence-corrected chi connectivity index (χ3v) is 1.96. The van der Waals surface area contributed by atoms with Crippen molar-refractivity contribution in [2.45, 2.75) is 26.3 Å². The molecule has 1 aromatic carbocycles. The molecule has 1 atom stereocenters. The molecular weight excluding hydrogens is 200 g/mol. The number of halogens is 2. The smallest absolute Gasteiger partial charge is 0.200 e. The van der Waals surface area contributed by atoms with Gasteiger partial charge in [0, 0.05) is 6.04 Å². The molecule has 1 rings (SSSR count). The standard InChI is InChI=1S/C11H15F2NO/c1-3-15-11-8(6-7(2)14)4-5-9(12)10(11)13/h4-5,7H,3,6,14H2,1-2H3. The summed E-state index contributed by atoms with van der Waals surface area (Å²) in [5, 5.41) is 0. The van der Waals surface area contributed by atoms with Gasteiger partial charge in [0.25, 0.3) is 0 Å². The summed E-state index contributed by atoms with van der Waals surface area (Å²) in [7, 11) is 0. The largest absolute Gasteiger partial charge is 0.490 e. The van der Waals surface area contributed by atoms with Gasteiger partial charge in [-0.3, -0.25) is 0 Å². The summed E-state index contributed by atoms with van der Waals surface area (Å²) in [5.74, 6) is -1.85. The molecule has 0 aromatic heterocycles. The van der Waals surface area contributed by atoms with Gasteiger partial charge in [-0.05, 0) is 31.9 Å². The summed E-state index contributed by atoms with van der Waals surface area (Å²) in [4.78, 5) is 0. The molecule has 0 radical (unpaired) electrons. The second-order valence-electron chi connectivity index (χ2n) is 3.46. The van der Waals surface area contributed by atoms with Gasteiger partial charge in [0.15, 0.2) is 11.6 Å². The molecule has 0 aliphatic carbocycles. The van der Waals surface area contributed by atoms with Crippen LogP contribution < -0.4 is 10.5 Å². The van der Waals surface area contributed by atoms with Crippen LogP contribution in [0.3, 0.4) is 0 Å². The molecule has 0 fully saturated rings. The van der Waals surface area contributed by atoms with Crippen molar-refractivity contribution >= 4 is 0 Å². The summed E-state index contributed by atoms with van der Waals surface area (Å²) >= 11 is 0. The Hall–Kier alpha value is -1.16. The van der Waals surface area contributed by atoms with Crippen LogP contribution in [0.4, 0.5) is 8.78 Å². The molecule has 1 aromatic rings. The molecular formula is C11H15F2NO. The van der Waals surface area contributed by atoms with E-state index in [9.17, 15) is 8.78 Å². The van der Waals surface area contributed by atoms with Crippen LogP contribution in [-0.2, 0) is 6.42 Å². The summed E-state index contributed by atoms with van der Waals surface area (Å²) in [6.45, 7) is 3.82. The average molecular weight is 215 g/mol. The van der Waals surface area contributed by atoms with E-state index in [-0.39, 0.29) is 11.8 Å². The second-order valence-corrected chi connectivity index (χ2v) is 3.46. The predicted octanol–water partition coefficient (Wildman–Crippen LogP) is 2.25. The van der Waals surface area contributed by atoms with Gasteiger partial charge in [-0.25, -0.2) is 4.39 Å². The maximum absolute atomic E-state index is 13.4. The SMILES string of the molecule is CCOc1c(CC(C)N)ccc(F)c1F. The van der Waals surface area contributed by atoms with E-state index < -0.39 is 11.6 Å². The number of hydrogen-bond acceptors (Lipinski definition) is 2. The van der Waals surface area contributed by atoms with Crippen LogP contribution in [0.25, 0.3) is 0 Å². The monoisotopic (exact) mass is 215 g/mol. The first-order chi connectivity index (χ1) is 7.06. The summed E-state index contributed by atoms with van der Waals surface area (Å²) < 4.78 is 31.4. The quantitative estimate of drug-likeness (QED) is 0.836. The van der Waals surface area contributed by atoms with Gasteiger partial charge < -0.3 is 10.5 Å². The molecule has 0 spiro atoms. The Balaban J connectivity index is 3.08. The van der Waals surface area contributed by atoms with E-state index in [1.165, 1.54) is 6.07 Å². The highest BCUT2D eigenvalue weighted by atomic mass is 19.2. The molecule has 0 saturated heterocycles. The summed E-state index contributed by atoms with van der Waals surface area (Å²) in [5.41, 5.74) is 6.21. The fraction of sp³-hybridized carbons (Fsp3) is 0.455. The van der Waals surface area contributed by atoms with Crippen molar-refractivity contribution in [3.8, 4) is 5.75 Å². The minimum Gasteiger partial charge on any atom is -0.490 e. The van der Waals surface area contributed by atoms with Crippen molar-refractivity contribution in [1.82, 2.24) is 0 Å². The Kier molecular flexibility index (Phi) is 4.03. The van der Waals surface area contributed by atoms with E-state index >= 15 is 0 Å². The third-order valence-electron chi connectivity index (χ3n) is 1.96. The van der Waals surface area contributed by atoms with E-state index in [1.54, 1.807) is 13.8 Å². The maximum Gasteiger partial charge on any atom is 0.200 e. The van der Waals surface area contributed by atoms with Crippen molar-refractivity contribution in [3.05, 3.63) is 29.3 Å². The maximum atomic E-state index is 13.4. The molecule has 0 amide bonds. The highest BCUT2D eigenvalue weighted by Gasteiger charge is 2.15. The number of rotatable bonds is 4. The molecule has 0 aliphatic rings. The molecule has 15 heavy (non-hydrogen) atoms. The Bertz CT molecular complexity index is 340. The minimum atomic E-state index is -0.935. The van der Waals surface area contributed by atoms with Gasteiger partial charge in [-0.1, -0.05) is 6.07 Å². The van der Waals surface area contributed by atoms with E-state index in [1.807, 2.05) is 0 Å². The first-order valence-electron chi connectivity index (χ1n) is 4.91. The zero-order valence-corrected chi connectivity index (χ0v) is 8.89. The van der Waals surface area contributed by atoms with Crippen molar-refractivity contribution in [1.29, 1.82) is 0 Å². The van der Waals surface area contributed by atoms with Gasteiger partial charge in [0.2, 0.25) is 5.82 Å². The average Bonchev–Trinajstić information content (AvgIpc) is 2.17. The van der Waals surface area contributed by atoms with Crippen molar-refractivity contribution in [2.24, 2.45) is 5.73 Å².